The third-order valence-corrected chi connectivity index (χ3v) is 3.03. The number of carboxylic acids is 1. The zero-order valence-corrected chi connectivity index (χ0v) is 11.8. The molecule has 0 spiro atoms. The zero-order valence-electron chi connectivity index (χ0n) is 11.8. The summed E-state index contributed by atoms with van der Waals surface area (Å²) in [5, 5.41) is 17.8. The standard InChI is InChI=1S/C14H12O2.C3H4O3/c15-13(11-7-3-1-4-8-11)14(16)12-9-5-2-6-10-12;4-3(5)2-1-6-2/h1-10,13,15H;2H,1H2,(H,4,5). The van der Waals surface area contributed by atoms with Gasteiger partial charge in [0.15, 0.2) is 11.9 Å². The van der Waals surface area contributed by atoms with Crippen molar-refractivity contribution in [2.75, 3.05) is 6.61 Å². The van der Waals surface area contributed by atoms with Crippen molar-refractivity contribution in [2.45, 2.75) is 12.2 Å². The van der Waals surface area contributed by atoms with Gasteiger partial charge in [-0.05, 0) is 5.56 Å². The van der Waals surface area contributed by atoms with E-state index in [1.165, 1.54) is 0 Å². The highest BCUT2D eigenvalue weighted by Gasteiger charge is 2.30. The molecule has 0 bridgehead atoms. The molecule has 0 aromatic heterocycles. The maximum Gasteiger partial charge on any atom is 0.335 e. The number of Topliss-reactive ketones (excluding diaryl/α,β-unsaturated/α-hetero) is 1. The zero-order chi connectivity index (χ0) is 15.9. The number of carboxylic acid groups (broad SMARTS) is 1. The summed E-state index contributed by atoms with van der Waals surface area (Å²) in [6.45, 7) is 0.398. The third-order valence-electron chi connectivity index (χ3n) is 3.03. The Balaban J connectivity index is 0.000000246. The summed E-state index contributed by atoms with van der Waals surface area (Å²) >= 11 is 0. The lowest BCUT2D eigenvalue weighted by atomic mass is 10.0. The maximum absolute atomic E-state index is 11.9. The van der Waals surface area contributed by atoms with E-state index in [0.717, 1.165) is 0 Å². The van der Waals surface area contributed by atoms with Gasteiger partial charge in [-0.15, -0.1) is 0 Å². The number of carbonyl (C=O) groups is 2. The second-order valence-electron chi connectivity index (χ2n) is 4.70. The van der Waals surface area contributed by atoms with E-state index in [2.05, 4.69) is 4.74 Å². The number of aliphatic carboxylic acids is 1. The Morgan fingerprint density at radius 1 is 1.00 bits per heavy atom. The van der Waals surface area contributed by atoms with Gasteiger partial charge >= 0.3 is 5.97 Å². The number of aliphatic hydroxyl groups is 1. The molecule has 1 fully saturated rings. The van der Waals surface area contributed by atoms with Gasteiger partial charge in [-0.25, -0.2) is 4.79 Å². The number of hydrogen-bond donors (Lipinski definition) is 2. The van der Waals surface area contributed by atoms with Gasteiger partial charge in [0.05, 0.1) is 6.61 Å². The molecule has 1 saturated heterocycles. The van der Waals surface area contributed by atoms with Crippen LogP contribution in [0.1, 0.15) is 22.0 Å². The summed E-state index contributed by atoms with van der Waals surface area (Å²) < 4.78 is 4.37. The van der Waals surface area contributed by atoms with Crippen molar-refractivity contribution in [1.82, 2.24) is 0 Å². The smallest absolute Gasteiger partial charge is 0.335 e. The van der Waals surface area contributed by atoms with Gasteiger partial charge in [-0.3, -0.25) is 4.79 Å². The lowest BCUT2D eigenvalue weighted by Gasteiger charge is -2.09. The minimum absolute atomic E-state index is 0.271. The van der Waals surface area contributed by atoms with Crippen molar-refractivity contribution in [1.29, 1.82) is 0 Å². The first-order valence-corrected chi connectivity index (χ1v) is 6.76. The van der Waals surface area contributed by atoms with Crippen LogP contribution >= 0.6 is 0 Å². The Hall–Kier alpha value is -2.50. The fraction of sp³-hybridized carbons (Fsp3) is 0.176. The van der Waals surface area contributed by atoms with E-state index >= 15 is 0 Å². The predicted molar refractivity (Wildman–Crippen MR) is 79.6 cm³/mol. The largest absolute Gasteiger partial charge is 0.479 e. The first-order chi connectivity index (χ1) is 10.6. The van der Waals surface area contributed by atoms with Crippen LogP contribution in [0.5, 0.6) is 0 Å². The molecule has 0 aliphatic carbocycles. The van der Waals surface area contributed by atoms with E-state index in [9.17, 15) is 14.7 Å². The van der Waals surface area contributed by atoms with Crippen LogP contribution in [-0.4, -0.2) is 34.7 Å². The van der Waals surface area contributed by atoms with Crippen LogP contribution in [0.3, 0.4) is 0 Å². The number of hydrogen-bond acceptors (Lipinski definition) is 4. The highest BCUT2D eigenvalue weighted by Crippen LogP contribution is 2.17. The third kappa shape index (κ3) is 4.51. The van der Waals surface area contributed by atoms with Crippen molar-refractivity contribution in [3.8, 4) is 0 Å². The van der Waals surface area contributed by atoms with E-state index in [1.54, 1.807) is 48.5 Å². The molecule has 0 saturated carbocycles. The van der Waals surface area contributed by atoms with Gasteiger partial charge in [0, 0.05) is 5.56 Å². The van der Waals surface area contributed by atoms with Crippen molar-refractivity contribution in [3.63, 3.8) is 0 Å². The molecule has 5 heteroatoms. The lowest BCUT2D eigenvalue weighted by Crippen LogP contribution is -2.11. The van der Waals surface area contributed by atoms with Crippen LogP contribution in [0.15, 0.2) is 60.7 Å². The minimum atomic E-state index is -1.08. The first kappa shape index (κ1) is 15.9. The molecule has 114 valence electrons. The molecule has 3 rings (SSSR count). The molecule has 1 aliphatic rings. The fourth-order valence-electron chi connectivity index (χ4n) is 1.74. The van der Waals surface area contributed by atoms with E-state index in [-0.39, 0.29) is 5.78 Å². The molecule has 0 amide bonds. The molecule has 2 aromatic carbocycles. The Labute approximate surface area is 127 Å². The highest BCUT2D eigenvalue weighted by molar-refractivity contribution is 5.99. The molecular formula is C17H16O5. The number of carbonyl (C=O) groups excluding carboxylic acids is 1. The minimum Gasteiger partial charge on any atom is -0.479 e. The first-order valence-electron chi connectivity index (χ1n) is 6.76. The molecule has 1 heterocycles. The van der Waals surface area contributed by atoms with E-state index in [0.29, 0.717) is 17.7 Å². The number of aliphatic hydroxyl groups excluding tert-OH is 1. The summed E-state index contributed by atoms with van der Waals surface area (Å²) in [4.78, 5) is 21.5. The van der Waals surface area contributed by atoms with Gasteiger partial charge in [0.2, 0.25) is 0 Å². The van der Waals surface area contributed by atoms with Crippen molar-refractivity contribution in [3.05, 3.63) is 71.8 Å². The van der Waals surface area contributed by atoms with E-state index in [4.69, 9.17) is 5.11 Å². The van der Waals surface area contributed by atoms with Gasteiger partial charge in [-0.1, -0.05) is 60.7 Å². The number of ether oxygens (including phenoxy) is 1. The van der Waals surface area contributed by atoms with Crippen LogP contribution in [0.25, 0.3) is 0 Å². The average Bonchev–Trinajstić information content (AvgIpc) is 3.41. The molecule has 0 radical (unpaired) electrons. The van der Waals surface area contributed by atoms with Crippen molar-refractivity contribution in [2.24, 2.45) is 0 Å². The molecule has 2 unspecified atom stereocenters. The summed E-state index contributed by atoms with van der Waals surface area (Å²) in [5.41, 5.74) is 1.15. The number of rotatable bonds is 4. The fourth-order valence-corrected chi connectivity index (χ4v) is 1.74. The number of benzene rings is 2. The average molecular weight is 300 g/mol. The Morgan fingerprint density at radius 3 is 1.91 bits per heavy atom. The monoisotopic (exact) mass is 300 g/mol. The van der Waals surface area contributed by atoms with Crippen LogP contribution in [0, 0.1) is 0 Å². The maximum atomic E-state index is 11.9. The predicted octanol–water partition coefficient (Wildman–Crippen LogP) is 2.07. The SMILES string of the molecule is O=C(O)C1CO1.O=C(c1ccccc1)C(O)c1ccccc1. The second-order valence-corrected chi connectivity index (χ2v) is 4.70. The van der Waals surface area contributed by atoms with Gasteiger partial charge < -0.3 is 14.9 Å². The molecule has 2 N–H and O–H groups in total. The van der Waals surface area contributed by atoms with Gasteiger partial charge in [0.1, 0.15) is 6.10 Å². The number of ketones is 1. The van der Waals surface area contributed by atoms with Crippen molar-refractivity contribution >= 4 is 11.8 Å². The quantitative estimate of drug-likeness (QED) is 0.666. The summed E-state index contributed by atoms with van der Waals surface area (Å²) in [5.74, 6) is -1.12. The number of epoxide rings is 1. The Bertz CT molecular complexity index is 620. The lowest BCUT2D eigenvalue weighted by molar-refractivity contribution is -0.138. The van der Waals surface area contributed by atoms with Crippen LogP contribution in [0.4, 0.5) is 0 Å². The van der Waals surface area contributed by atoms with Crippen LogP contribution in [-0.2, 0) is 9.53 Å². The molecule has 22 heavy (non-hydrogen) atoms. The highest BCUT2D eigenvalue weighted by atomic mass is 16.6. The second kappa shape index (κ2) is 7.49. The topological polar surface area (TPSA) is 87.1 Å². The van der Waals surface area contributed by atoms with Gasteiger partial charge in [0.25, 0.3) is 0 Å². The summed E-state index contributed by atoms with van der Waals surface area (Å²) in [6.07, 6.45) is -1.56. The van der Waals surface area contributed by atoms with Gasteiger partial charge in [-0.2, -0.15) is 0 Å². The Kier molecular flexibility index (Phi) is 5.41. The normalized spacial score (nSPS) is 16.9. The molecule has 2 atom stereocenters. The van der Waals surface area contributed by atoms with E-state index in [1.807, 2.05) is 12.1 Å². The molecule has 2 aromatic rings. The molecule has 5 nitrogen and oxygen atoms in total. The van der Waals surface area contributed by atoms with Crippen LogP contribution < -0.4 is 0 Å². The summed E-state index contributed by atoms with van der Waals surface area (Å²) in [6, 6.07) is 17.7. The van der Waals surface area contributed by atoms with E-state index < -0.39 is 18.2 Å². The molecule has 1 aliphatic heterocycles. The molecular weight excluding hydrogens is 284 g/mol. The summed E-state index contributed by atoms with van der Waals surface area (Å²) in [7, 11) is 0. The Morgan fingerprint density at radius 2 is 1.50 bits per heavy atom. The van der Waals surface area contributed by atoms with Crippen LogP contribution in [0.2, 0.25) is 0 Å². The van der Waals surface area contributed by atoms with Crippen molar-refractivity contribution < 1.29 is 24.5 Å².